The first-order valence-corrected chi connectivity index (χ1v) is 10.9. The van der Waals surface area contributed by atoms with Gasteiger partial charge in [-0.15, -0.1) is 0 Å². The van der Waals surface area contributed by atoms with Gasteiger partial charge in [0, 0.05) is 30.3 Å². The van der Waals surface area contributed by atoms with E-state index in [2.05, 4.69) is 71.6 Å². The summed E-state index contributed by atoms with van der Waals surface area (Å²) in [5, 5.41) is 0. The highest BCUT2D eigenvalue weighted by atomic mass is 16.5. The van der Waals surface area contributed by atoms with Gasteiger partial charge in [0.1, 0.15) is 18.1 Å². The van der Waals surface area contributed by atoms with Crippen molar-refractivity contribution in [3.8, 4) is 11.5 Å². The van der Waals surface area contributed by atoms with Crippen LogP contribution in [0.2, 0.25) is 0 Å². The summed E-state index contributed by atoms with van der Waals surface area (Å²) >= 11 is 0. The van der Waals surface area contributed by atoms with Crippen molar-refractivity contribution in [2.24, 2.45) is 0 Å². The fraction of sp³-hybridized carbons (Fsp3) is 0.333. The molecule has 1 aliphatic heterocycles. The summed E-state index contributed by atoms with van der Waals surface area (Å²) in [6.07, 6.45) is 5.26. The third kappa shape index (κ3) is 3.65. The Bertz CT molecular complexity index is 991. The molecule has 30 heavy (non-hydrogen) atoms. The van der Waals surface area contributed by atoms with Gasteiger partial charge in [-0.05, 0) is 47.7 Å². The maximum Gasteiger partial charge on any atom is 0.121 e. The number of ether oxygens (including phenoxy) is 2. The van der Waals surface area contributed by atoms with Crippen LogP contribution in [-0.4, -0.2) is 13.7 Å². The number of nitrogens with zero attached hydrogens (tertiary/aromatic N) is 1. The lowest BCUT2D eigenvalue weighted by Crippen LogP contribution is -2.30. The third-order valence-electron chi connectivity index (χ3n) is 6.72. The maximum absolute atomic E-state index is 6.15. The Hall–Kier alpha value is -2.94. The minimum atomic E-state index is 0.319. The monoisotopic (exact) mass is 399 g/mol. The van der Waals surface area contributed by atoms with E-state index in [0.717, 1.165) is 24.6 Å². The van der Waals surface area contributed by atoms with Gasteiger partial charge in [0.15, 0.2) is 0 Å². The van der Waals surface area contributed by atoms with Crippen molar-refractivity contribution in [3.63, 3.8) is 0 Å². The Balaban J connectivity index is 1.40. The number of fused-ring (bicyclic) bond motifs is 2. The molecule has 0 bridgehead atoms. The Labute approximate surface area is 179 Å². The first-order chi connectivity index (χ1) is 14.8. The van der Waals surface area contributed by atoms with Gasteiger partial charge >= 0.3 is 0 Å². The van der Waals surface area contributed by atoms with Crippen molar-refractivity contribution in [2.45, 2.75) is 44.2 Å². The minimum absolute atomic E-state index is 0.319. The Morgan fingerprint density at radius 1 is 0.833 bits per heavy atom. The van der Waals surface area contributed by atoms with Gasteiger partial charge < -0.3 is 14.4 Å². The number of methoxy groups -OCH3 is 1. The van der Waals surface area contributed by atoms with Crippen LogP contribution in [0.25, 0.3) is 0 Å². The zero-order valence-electron chi connectivity index (χ0n) is 17.6. The molecular weight excluding hydrogens is 370 g/mol. The molecule has 1 saturated carbocycles. The number of hydrogen-bond donors (Lipinski definition) is 0. The van der Waals surface area contributed by atoms with Gasteiger partial charge in [0.05, 0.1) is 7.11 Å². The molecule has 0 atom stereocenters. The van der Waals surface area contributed by atoms with Gasteiger partial charge in [-0.1, -0.05) is 61.4 Å². The van der Waals surface area contributed by atoms with Crippen molar-refractivity contribution in [1.29, 1.82) is 0 Å². The van der Waals surface area contributed by atoms with Crippen molar-refractivity contribution in [2.75, 3.05) is 18.6 Å². The highest BCUT2D eigenvalue weighted by Gasteiger charge is 2.44. The molecule has 2 aliphatic rings. The first kappa shape index (κ1) is 19.0. The molecule has 1 spiro atoms. The summed E-state index contributed by atoms with van der Waals surface area (Å²) in [5.74, 6) is 1.86. The van der Waals surface area contributed by atoms with E-state index >= 15 is 0 Å². The largest absolute Gasteiger partial charge is 0.497 e. The number of rotatable bonds is 6. The lowest BCUT2D eigenvalue weighted by atomic mass is 9.81. The van der Waals surface area contributed by atoms with Crippen molar-refractivity contribution in [1.82, 2.24) is 0 Å². The maximum atomic E-state index is 6.15. The van der Waals surface area contributed by atoms with E-state index in [9.17, 15) is 0 Å². The zero-order valence-corrected chi connectivity index (χ0v) is 17.6. The summed E-state index contributed by atoms with van der Waals surface area (Å²) in [4.78, 5) is 2.55. The molecular formula is C27H29NO2. The molecule has 0 unspecified atom stereocenters. The SMILES string of the molecule is COc1ccc(CN2CC3(CCCC3)c3ccc(OCc4ccccc4)cc32)cc1. The average Bonchev–Trinajstić information content (AvgIpc) is 3.39. The van der Waals surface area contributed by atoms with Crippen molar-refractivity contribution >= 4 is 5.69 Å². The second-order valence-electron chi connectivity index (χ2n) is 8.64. The standard InChI is InChI=1S/C27H29NO2/c1-29-23-11-9-21(10-12-23)18-28-20-27(15-5-6-16-27)25-14-13-24(17-26(25)28)30-19-22-7-3-2-4-8-22/h2-4,7-14,17H,5-6,15-16,18-20H2,1H3. The molecule has 0 aromatic heterocycles. The summed E-state index contributed by atoms with van der Waals surface area (Å²) in [5.41, 5.74) is 5.69. The molecule has 1 fully saturated rings. The van der Waals surface area contributed by atoms with Gasteiger partial charge in [0.25, 0.3) is 0 Å². The van der Waals surface area contributed by atoms with Crippen LogP contribution in [0.1, 0.15) is 42.4 Å². The van der Waals surface area contributed by atoms with Gasteiger partial charge in [0.2, 0.25) is 0 Å². The fourth-order valence-electron chi connectivity index (χ4n) is 5.16. The second-order valence-corrected chi connectivity index (χ2v) is 8.64. The predicted octanol–water partition coefficient (Wildman–Crippen LogP) is 6.11. The van der Waals surface area contributed by atoms with Crippen LogP contribution >= 0.6 is 0 Å². The normalized spacial score (nSPS) is 16.6. The summed E-state index contributed by atoms with van der Waals surface area (Å²) in [6, 6.07) is 25.6. The molecule has 3 nitrogen and oxygen atoms in total. The van der Waals surface area contributed by atoms with E-state index < -0.39 is 0 Å². The van der Waals surface area contributed by atoms with Gasteiger partial charge in [-0.25, -0.2) is 0 Å². The summed E-state index contributed by atoms with van der Waals surface area (Å²) in [6.45, 7) is 2.63. The molecule has 1 heterocycles. The van der Waals surface area contributed by atoms with Crippen LogP contribution in [0.5, 0.6) is 11.5 Å². The third-order valence-corrected chi connectivity index (χ3v) is 6.72. The molecule has 3 heteroatoms. The number of benzene rings is 3. The van der Waals surface area contributed by atoms with Crippen LogP contribution in [0.15, 0.2) is 72.8 Å². The van der Waals surface area contributed by atoms with Crippen LogP contribution in [0, 0.1) is 0 Å². The van der Waals surface area contributed by atoms with E-state index in [4.69, 9.17) is 9.47 Å². The van der Waals surface area contributed by atoms with Crippen LogP contribution in [0.3, 0.4) is 0 Å². The van der Waals surface area contributed by atoms with Crippen molar-refractivity contribution in [3.05, 3.63) is 89.5 Å². The second kappa shape index (κ2) is 8.06. The Morgan fingerprint density at radius 3 is 2.30 bits per heavy atom. The molecule has 3 aromatic rings. The molecule has 0 radical (unpaired) electrons. The first-order valence-electron chi connectivity index (χ1n) is 10.9. The minimum Gasteiger partial charge on any atom is -0.497 e. The van der Waals surface area contributed by atoms with E-state index in [0.29, 0.717) is 12.0 Å². The lowest BCUT2D eigenvalue weighted by molar-refractivity contribution is 0.306. The van der Waals surface area contributed by atoms with Crippen molar-refractivity contribution < 1.29 is 9.47 Å². The molecule has 0 amide bonds. The lowest BCUT2D eigenvalue weighted by Gasteiger charge is -2.25. The highest BCUT2D eigenvalue weighted by molar-refractivity contribution is 5.65. The van der Waals surface area contributed by atoms with Gasteiger partial charge in [-0.2, -0.15) is 0 Å². The van der Waals surface area contributed by atoms with E-state index in [1.807, 2.05) is 6.07 Å². The molecule has 154 valence electrons. The Kier molecular flexibility index (Phi) is 5.12. The number of anilines is 1. The number of hydrogen-bond acceptors (Lipinski definition) is 3. The van der Waals surface area contributed by atoms with Gasteiger partial charge in [-0.3, -0.25) is 0 Å². The van der Waals surface area contributed by atoms with Crippen LogP contribution in [-0.2, 0) is 18.6 Å². The molecule has 1 aliphatic carbocycles. The molecule has 5 rings (SSSR count). The van der Waals surface area contributed by atoms with E-state index in [-0.39, 0.29) is 0 Å². The topological polar surface area (TPSA) is 21.7 Å². The average molecular weight is 400 g/mol. The molecule has 3 aromatic carbocycles. The smallest absolute Gasteiger partial charge is 0.121 e. The quantitative estimate of drug-likeness (QED) is 0.499. The molecule has 0 N–H and O–H groups in total. The van der Waals surface area contributed by atoms with E-state index in [1.54, 1.807) is 7.11 Å². The van der Waals surface area contributed by atoms with Crippen LogP contribution in [0.4, 0.5) is 5.69 Å². The van der Waals surface area contributed by atoms with E-state index in [1.165, 1.54) is 48.1 Å². The zero-order chi connectivity index (χ0) is 20.4. The fourth-order valence-corrected chi connectivity index (χ4v) is 5.16. The molecule has 0 saturated heterocycles. The summed E-state index contributed by atoms with van der Waals surface area (Å²) < 4.78 is 11.5. The predicted molar refractivity (Wildman–Crippen MR) is 121 cm³/mol. The summed E-state index contributed by atoms with van der Waals surface area (Å²) in [7, 11) is 1.71. The highest BCUT2D eigenvalue weighted by Crippen LogP contribution is 2.51. The Morgan fingerprint density at radius 2 is 1.57 bits per heavy atom. The van der Waals surface area contributed by atoms with Crippen LogP contribution < -0.4 is 14.4 Å².